The fraction of sp³-hybridized carbons (Fsp3) is 0.565. The van der Waals surface area contributed by atoms with Crippen molar-refractivity contribution in [2.24, 2.45) is 5.92 Å². The Kier molecular flexibility index (Phi) is 5.99. The number of carbonyl (C=O) groups excluding carboxylic acids is 1. The van der Waals surface area contributed by atoms with Crippen LogP contribution in [0.3, 0.4) is 0 Å². The maximum absolute atomic E-state index is 12.7. The molecule has 1 aromatic heterocycles. The second-order valence-corrected chi connectivity index (χ2v) is 8.80. The third kappa shape index (κ3) is 4.72. The number of hydrogen-bond acceptors (Lipinski definition) is 5. The Bertz CT molecular complexity index is 951. The van der Waals surface area contributed by atoms with Crippen LogP contribution in [0.2, 0.25) is 0 Å². The molecular weight excluding hydrogens is 420 g/mol. The molecular formula is C23H27F2N3O4. The molecule has 0 spiro atoms. The van der Waals surface area contributed by atoms with Crippen molar-refractivity contribution >= 4 is 5.91 Å². The van der Waals surface area contributed by atoms with Gasteiger partial charge in [0.05, 0.1) is 12.6 Å². The molecule has 1 saturated heterocycles. The number of halogens is 2. The van der Waals surface area contributed by atoms with Gasteiger partial charge >= 0.3 is 0 Å². The average Bonchev–Trinajstić information content (AvgIpc) is 3.32. The highest BCUT2D eigenvalue weighted by Crippen LogP contribution is 2.30. The molecule has 1 N–H and O–H groups in total. The van der Waals surface area contributed by atoms with Crippen LogP contribution in [-0.4, -0.2) is 54.1 Å². The van der Waals surface area contributed by atoms with Gasteiger partial charge in [0, 0.05) is 25.7 Å². The van der Waals surface area contributed by atoms with E-state index in [9.17, 15) is 13.6 Å². The summed E-state index contributed by atoms with van der Waals surface area (Å²) in [7, 11) is 0. The van der Waals surface area contributed by atoms with Crippen molar-refractivity contribution in [3.63, 3.8) is 0 Å². The Hall–Kier alpha value is -2.68. The lowest BCUT2D eigenvalue weighted by molar-refractivity contribution is 0.0507. The van der Waals surface area contributed by atoms with Crippen molar-refractivity contribution in [2.45, 2.75) is 57.2 Å². The molecule has 0 radical (unpaired) electrons. The zero-order valence-electron chi connectivity index (χ0n) is 17.8. The maximum atomic E-state index is 12.7. The molecule has 5 rings (SSSR count). The first kappa shape index (κ1) is 21.2. The molecule has 172 valence electrons. The predicted octanol–water partition coefficient (Wildman–Crippen LogP) is 3.00. The van der Waals surface area contributed by atoms with Crippen LogP contribution in [0, 0.1) is 5.92 Å². The van der Waals surface area contributed by atoms with E-state index in [2.05, 4.69) is 10.4 Å². The number of benzene rings is 1. The summed E-state index contributed by atoms with van der Waals surface area (Å²) in [4.78, 5) is 12.7. The van der Waals surface area contributed by atoms with Gasteiger partial charge in [0.15, 0.2) is 5.69 Å². The van der Waals surface area contributed by atoms with Crippen molar-refractivity contribution in [3.05, 3.63) is 41.1 Å². The zero-order chi connectivity index (χ0) is 22.1. The quantitative estimate of drug-likeness (QED) is 0.737. The third-order valence-electron chi connectivity index (χ3n) is 6.33. The van der Waals surface area contributed by atoms with E-state index in [1.54, 1.807) is 28.9 Å². The van der Waals surface area contributed by atoms with Crippen molar-refractivity contribution < 1.29 is 27.8 Å². The van der Waals surface area contributed by atoms with Gasteiger partial charge in [0.1, 0.15) is 18.5 Å². The zero-order valence-corrected chi connectivity index (χ0v) is 17.8. The molecule has 0 aliphatic carbocycles. The van der Waals surface area contributed by atoms with Crippen LogP contribution >= 0.6 is 0 Å². The van der Waals surface area contributed by atoms with Crippen molar-refractivity contribution in [1.29, 1.82) is 0 Å². The van der Waals surface area contributed by atoms with Gasteiger partial charge in [-0.05, 0) is 48.8 Å². The number of ether oxygens (including phenoxy) is 3. The summed E-state index contributed by atoms with van der Waals surface area (Å²) < 4.78 is 44.3. The first-order chi connectivity index (χ1) is 15.5. The van der Waals surface area contributed by atoms with E-state index in [1.165, 1.54) is 0 Å². The number of rotatable bonds is 6. The Balaban J connectivity index is 1.16. The number of alkyl halides is 2. The van der Waals surface area contributed by atoms with E-state index in [0.29, 0.717) is 48.4 Å². The second-order valence-electron chi connectivity index (χ2n) is 8.80. The fourth-order valence-corrected chi connectivity index (χ4v) is 4.72. The summed E-state index contributed by atoms with van der Waals surface area (Å²) in [6.45, 7) is 2.60. The molecule has 3 aliphatic rings. The molecule has 4 heterocycles. The number of carbonyl (C=O) groups is 1. The van der Waals surface area contributed by atoms with Gasteiger partial charge < -0.3 is 19.5 Å². The maximum Gasteiger partial charge on any atom is 0.272 e. The van der Waals surface area contributed by atoms with E-state index in [1.807, 2.05) is 0 Å². The van der Waals surface area contributed by atoms with Crippen molar-refractivity contribution in [1.82, 2.24) is 15.1 Å². The van der Waals surface area contributed by atoms with Gasteiger partial charge in [0.25, 0.3) is 5.91 Å². The first-order valence-electron chi connectivity index (χ1n) is 11.2. The van der Waals surface area contributed by atoms with Crippen LogP contribution in [-0.2, 0) is 24.1 Å². The van der Waals surface area contributed by atoms with E-state index in [-0.39, 0.29) is 24.5 Å². The summed E-state index contributed by atoms with van der Waals surface area (Å²) in [5.41, 5.74) is 1.69. The summed E-state index contributed by atoms with van der Waals surface area (Å²) >= 11 is 0. The molecule has 2 aromatic rings. The lowest BCUT2D eigenvalue weighted by atomic mass is 9.94. The lowest BCUT2D eigenvalue weighted by Crippen LogP contribution is -2.43. The molecule has 7 nitrogen and oxygen atoms in total. The Morgan fingerprint density at radius 1 is 1.25 bits per heavy atom. The van der Waals surface area contributed by atoms with E-state index >= 15 is 0 Å². The Morgan fingerprint density at radius 2 is 2.09 bits per heavy atom. The van der Waals surface area contributed by atoms with Crippen LogP contribution in [0.15, 0.2) is 24.3 Å². The Labute approximate surface area is 185 Å². The second kappa shape index (κ2) is 9.05. The van der Waals surface area contributed by atoms with Gasteiger partial charge in [-0.25, -0.2) is 13.5 Å². The minimum Gasteiger partial charge on any atom is -0.491 e. The van der Waals surface area contributed by atoms with Crippen molar-refractivity contribution in [3.8, 4) is 11.6 Å². The monoisotopic (exact) mass is 447 g/mol. The molecule has 0 bridgehead atoms. The number of amides is 1. The van der Waals surface area contributed by atoms with Gasteiger partial charge in [-0.3, -0.25) is 4.79 Å². The van der Waals surface area contributed by atoms with Crippen LogP contribution in [0.4, 0.5) is 8.78 Å². The predicted molar refractivity (Wildman–Crippen MR) is 111 cm³/mol. The van der Waals surface area contributed by atoms with Crippen LogP contribution < -0.4 is 14.8 Å². The van der Waals surface area contributed by atoms with E-state index < -0.39 is 6.43 Å². The van der Waals surface area contributed by atoms with Crippen LogP contribution in [0.1, 0.15) is 40.9 Å². The topological polar surface area (TPSA) is 74.6 Å². The number of nitrogens with zero attached hydrogens (tertiary/aromatic N) is 2. The first-order valence-corrected chi connectivity index (χ1v) is 11.2. The van der Waals surface area contributed by atoms with Crippen molar-refractivity contribution in [2.75, 3.05) is 19.8 Å². The van der Waals surface area contributed by atoms with Gasteiger partial charge in [-0.15, -0.1) is 0 Å². The number of nitrogens with one attached hydrogen (secondary N) is 1. The lowest BCUT2D eigenvalue weighted by Gasteiger charge is -2.26. The van der Waals surface area contributed by atoms with Gasteiger partial charge in [0.2, 0.25) is 12.3 Å². The molecule has 32 heavy (non-hydrogen) atoms. The van der Waals surface area contributed by atoms with Gasteiger partial charge in [-0.2, -0.15) is 5.10 Å². The average molecular weight is 447 g/mol. The SMILES string of the molecule is O=C(N[C@H]1COc2ccc(CC(F)F)cc2C1)c1cc2n(n1)C[C@H](CC1CCOCC1)O2. The highest BCUT2D eigenvalue weighted by atomic mass is 19.3. The van der Waals surface area contributed by atoms with E-state index in [0.717, 1.165) is 38.0 Å². The molecule has 0 saturated carbocycles. The molecule has 1 amide bonds. The summed E-state index contributed by atoms with van der Waals surface area (Å²) in [5, 5.41) is 7.37. The van der Waals surface area contributed by atoms with Crippen LogP contribution in [0.25, 0.3) is 0 Å². The molecule has 1 fully saturated rings. The molecule has 3 aliphatic heterocycles. The largest absolute Gasteiger partial charge is 0.491 e. The number of aromatic nitrogens is 2. The number of fused-ring (bicyclic) bond motifs is 2. The summed E-state index contributed by atoms with van der Waals surface area (Å²) in [5.74, 6) is 1.61. The highest BCUT2D eigenvalue weighted by molar-refractivity contribution is 5.92. The molecule has 0 unspecified atom stereocenters. The summed E-state index contributed by atoms with van der Waals surface area (Å²) in [6, 6.07) is 6.54. The third-order valence-corrected chi connectivity index (χ3v) is 6.33. The highest BCUT2D eigenvalue weighted by Gasteiger charge is 2.30. The molecule has 2 atom stereocenters. The molecule has 1 aromatic carbocycles. The smallest absolute Gasteiger partial charge is 0.272 e. The number of hydrogen-bond donors (Lipinski definition) is 1. The minimum atomic E-state index is -2.39. The van der Waals surface area contributed by atoms with E-state index in [4.69, 9.17) is 14.2 Å². The molecule has 9 heteroatoms. The standard InChI is InChI=1S/C23H27F2N3O4/c24-21(25)9-15-1-2-20-16(7-15)10-17(13-31-20)26-23(29)19-11-22-28(27-19)12-18(32-22)8-14-3-5-30-6-4-14/h1-2,7,11,14,17-18,21H,3-6,8-10,12-13H2,(H,26,29)/t17-,18+/m1/s1. The fourth-order valence-electron chi connectivity index (χ4n) is 4.72. The Morgan fingerprint density at radius 3 is 2.88 bits per heavy atom. The summed E-state index contributed by atoms with van der Waals surface area (Å²) in [6.07, 6.45) is 1.02. The van der Waals surface area contributed by atoms with Gasteiger partial charge in [-0.1, -0.05) is 12.1 Å². The normalized spacial score (nSPS) is 22.7. The van der Waals surface area contributed by atoms with Crippen LogP contribution in [0.5, 0.6) is 11.6 Å². The minimum absolute atomic E-state index is 0.0865.